The maximum atomic E-state index is 5.45. The van der Waals surface area contributed by atoms with E-state index < -0.39 is 0 Å². The van der Waals surface area contributed by atoms with Crippen molar-refractivity contribution in [3.8, 4) is 0 Å². The predicted octanol–water partition coefficient (Wildman–Crippen LogP) is 1.57. The minimum absolute atomic E-state index is 0.467. The third-order valence-electron chi connectivity index (χ3n) is 2.81. The predicted molar refractivity (Wildman–Crippen MR) is 65.1 cm³/mol. The summed E-state index contributed by atoms with van der Waals surface area (Å²) in [5.41, 5.74) is 0. The Morgan fingerprint density at radius 3 is 3.06 bits per heavy atom. The van der Waals surface area contributed by atoms with E-state index in [-0.39, 0.29) is 0 Å². The molecule has 2 N–H and O–H groups in total. The van der Waals surface area contributed by atoms with Crippen LogP contribution >= 0.6 is 0 Å². The van der Waals surface area contributed by atoms with Crippen LogP contribution < -0.4 is 10.6 Å². The van der Waals surface area contributed by atoms with E-state index in [1.807, 2.05) is 12.1 Å². The minimum Gasteiger partial charge on any atom is -0.469 e. The Morgan fingerprint density at radius 2 is 2.28 bits per heavy atom. The zero-order valence-corrected chi connectivity index (χ0v) is 10.1. The highest BCUT2D eigenvalue weighted by Crippen LogP contribution is 2.19. The molecular formula is C12H16N4O2. The maximum Gasteiger partial charge on any atom is 0.315 e. The Labute approximate surface area is 105 Å². The Hall–Kier alpha value is -1.82. The average molecular weight is 248 g/mol. The molecule has 0 radical (unpaired) electrons. The highest BCUT2D eigenvalue weighted by molar-refractivity contribution is 5.17. The number of nitrogens with one attached hydrogen (secondary N) is 2. The van der Waals surface area contributed by atoms with Gasteiger partial charge in [-0.25, -0.2) is 0 Å². The molecule has 3 rings (SSSR count). The van der Waals surface area contributed by atoms with Crippen molar-refractivity contribution < 1.29 is 8.83 Å². The van der Waals surface area contributed by atoms with Gasteiger partial charge in [0.2, 0.25) is 5.89 Å². The van der Waals surface area contributed by atoms with Crippen molar-refractivity contribution in [3.05, 3.63) is 30.0 Å². The molecular weight excluding hydrogens is 232 g/mol. The highest BCUT2D eigenvalue weighted by Gasteiger charge is 2.21. The average Bonchev–Trinajstić information content (AvgIpc) is 2.89. The summed E-state index contributed by atoms with van der Waals surface area (Å²) in [5.74, 6) is 1.57. The first kappa shape index (κ1) is 11.3. The highest BCUT2D eigenvalue weighted by atomic mass is 16.4. The Kier molecular flexibility index (Phi) is 3.27. The molecule has 2 aromatic heterocycles. The quantitative estimate of drug-likeness (QED) is 0.774. The fourth-order valence-corrected chi connectivity index (χ4v) is 1.66. The molecule has 0 amide bonds. The summed E-state index contributed by atoms with van der Waals surface area (Å²) in [7, 11) is 0. The van der Waals surface area contributed by atoms with Gasteiger partial charge in [-0.3, -0.25) is 0 Å². The summed E-state index contributed by atoms with van der Waals surface area (Å²) in [6, 6.07) is 4.94. The number of aromatic nitrogens is 2. The standard InChI is InChI=1S/C12H16N4O2/c1-2-10(17-7-1)5-6-13-12-16-15-11(18-12)8-14-9-3-4-9/h1-2,7,9,14H,3-6,8H2,(H,13,16). The number of hydrogen-bond acceptors (Lipinski definition) is 6. The number of furan rings is 1. The molecule has 0 aromatic carbocycles. The molecule has 1 aliphatic rings. The van der Waals surface area contributed by atoms with E-state index in [9.17, 15) is 0 Å². The molecule has 0 saturated heterocycles. The van der Waals surface area contributed by atoms with Gasteiger partial charge in [0, 0.05) is 19.0 Å². The molecule has 1 fully saturated rings. The number of anilines is 1. The molecule has 2 heterocycles. The van der Waals surface area contributed by atoms with Gasteiger partial charge in [-0.15, -0.1) is 5.10 Å². The van der Waals surface area contributed by atoms with Crippen LogP contribution in [0.3, 0.4) is 0 Å². The van der Waals surface area contributed by atoms with E-state index in [1.165, 1.54) is 12.8 Å². The summed E-state index contributed by atoms with van der Waals surface area (Å²) in [6.45, 7) is 1.36. The molecule has 96 valence electrons. The first-order chi connectivity index (χ1) is 8.90. The first-order valence-corrected chi connectivity index (χ1v) is 6.22. The number of hydrogen-bond donors (Lipinski definition) is 2. The third kappa shape index (κ3) is 3.10. The monoisotopic (exact) mass is 248 g/mol. The van der Waals surface area contributed by atoms with Crippen molar-refractivity contribution in [3.63, 3.8) is 0 Å². The summed E-state index contributed by atoms with van der Waals surface area (Å²) in [6.07, 6.45) is 4.97. The van der Waals surface area contributed by atoms with Gasteiger partial charge >= 0.3 is 6.01 Å². The first-order valence-electron chi connectivity index (χ1n) is 6.22. The van der Waals surface area contributed by atoms with Gasteiger partial charge in [-0.05, 0) is 25.0 Å². The van der Waals surface area contributed by atoms with Crippen LogP contribution in [0.2, 0.25) is 0 Å². The van der Waals surface area contributed by atoms with Gasteiger partial charge in [0.15, 0.2) is 0 Å². The normalized spacial score (nSPS) is 14.9. The second-order valence-corrected chi connectivity index (χ2v) is 4.41. The second kappa shape index (κ2) is 5.22. The Balaban J connectivity index is 1.41. The van der Waals surface area contributed by atoms with E-state index in [2.05, 4.69) is 20.8 Å². The SMILES string of the molecule is c1coc(CCNc2nnc(CNC3CC3)o2)c1. The smallest absolute Gasteiger partial charge is 0.315 e. The van der Waals surface area contributed by atoms with Crippen LogP contribution in [-0.2, 0) is 13.0 Å². The molecule has 2 aromatic rings. The van der Waals surface area contributed by atoms with Gasteiger partial charge in [0.1, 0.15) is 5.76 Å². The molecule has 1 saturated carbocycles. The van der Waals surface area contributed by atoms with Gasteiger partial charge in [-0.2, -0.15) is 0 Å². The number of rotatable bonds is 7. The van der Waals surface area contributed by atoms with Gasteiger partial charge in [-0.1, -0.05) is 5.10 Å². The van der Waals surface area contributed by atoms with E-state index in [0.29, 0.717) is 31.0 Å². The van der Waals surface area contributed by atoms with Crippen LogP contribution in [0.4, 0.5) is 6.01 Å². The van der Waals surface area contributed by atoms with Crippen LogP contribution in [0.1, 0.15) is 24.5 Å². The molecule has 6 nitrogen and oxygen atoms in total. The molecule has 0 unspecified atom stereocenters. The molecule has 0 atom stereocenters. The lowest BCUT2D eigenvalue weighted by molar-refractivity contribution is 0.474. The van der Waals surface area contributed by atoms with E-state index in [4.69, 9.17) is 8.83 Å². The van der Waals surface area contributed by atoms with Gasteiger partial charge in [0.25, 0.3) is 0 Å². The zero-order chi connectivity index (χ0) is 12.2. The lowest BCUT2D eigenvalue weighted by atomic mass is 10.3. The summed E-state index contributed by atoms with van der Waals surface area (Å²) in [5, 5.41) is 14.3. The van der Waals surface area contributed by atoms with Crippen molar-refractivity contribution in [2.75, 3.05) is 11.9 Å². The largest absolute Gasteiger partial charge is 0.469 e. The van der Waals surface area contributed by atoms with Crippen molar-refractivity contribution in [2.45, 2.75) is 31.8 Å². The second-order valence-electron chi connectivity index (χ2n) is 4.41. The fraction of sp³-hybridized carbons (Fsp3) is 0.500. The van der Waals surface area contributed by atoms with E-state index >= 15 is 0 Å². The molecule has 0 bridgehead atoms. The third-order valence-corrected chi connectivity index (χ3v) is 2.81. The van der Waals surface area contributed by atoms with Crippen molar-refractivity contribution >= 4 is 6.01 Å². The van der Waals surface area contributed by atoms with E-state index in [1.54, 1.807) is 6.26 Å². The zero-order valence-electron chi connectivity index (χ0n) is 10.1. The summed E-state index contributed by atoms with van der Waals surface area (Å²) >= 11 is 0. The van der Waals surface area contributed by atoms with E-state index in [0.717, 1.165) is 12.2 Å². The molecule has 0 spiro atoms. The van der Waals surface area contributed by atoms with Crippen LogP contribution in [0.5, 0.6) is 0 Å². The topological polar surface area (TPSA) is 76.1 Å². The Morgan fingerprint density at radius 1 is 1.33 bits per heavy atom. The lowest BCUT2D eigenvalue weighted by Crippen LogP contribution is -2.15. The van der Waals surface area contributed by atoms with Crippen molar-refractivity contribution in [1.29, 1.82) is 0 Å². The number of nitrogens with zero attached hydrogens (tertiary/aromatic N) is 2. The minimum atomic E-state index is 0.467. The summed E-state index contributed by atoms with van der Waals surface area (Å²) in [4.78, 5) is 0. The lowest BCUT2D eigenvalue weighted by Gasteiger charge is -1.98. The molecule has 18 heavy (non-hydrogen) atoms. The van der Waals surface area contributed by atoms with Gasteiger partial charge < -0.3 is 19.5 Å². The van der Waals surface area contributed by atoms with Crippen LogP contribution in [0, 0.1) is 0 Å². The van der Waals surface area contributed by atoms with Crippen molar-refractivity contribution in [1.82, 2.24) is 15.5 Å². The van der Waals surface area contributed by atoms with Crippen LogP contribution in [-0.4, -0.2) is 22.8 Å². The molecule has 6 heteroatoms. The van der Waals surface area contributed by atoms with Crippen molar-refractivity contribution in [2.24, 2.45) is 0 Å². The maximum absolute atomic E-state index is 5.45. The van der Waals surface area contributed by atoms with Gasteiger partial charge in [0.05, 0.1) is 12.8 Å². The Bertz CT molecular complexity index is 476. The molecule has 0 aliphatic heterocycles. The van der Waals surface area contributed by atoms with Crippen LogP contribution in [0.15, 0.2) is 27.2 Å². The molecule has 1 aliphatic carbocycles. The summed E-state index contributed by atoms with van der Waals surface area (Å²) < 4.78 is 10.7. The fourth-order valence-electron chi connectivity index (χ4n) is 1.66. The van der Waals surface area contributed by atoms with Crippen LogP contribution in [0.25, 0.3) is 0 Å².